The van der Waals surface area contributed by atoms with E-state index >= 15 is 0 Å². The average Bonchev–Trinajstić information content (AvgIpc) is 2.27. The standard InChI is InChI=1S/C12H16N2O2/c1-9(8-14(2)3)12(15)10-5-4-6-11(7-10)13-16/h4-7,15H,8H2,1-3H3/b12-9+. The highest BCUT2D eigenvalue weighted by Crippen LogP contribution is 2.21. The first-order chi connectivity index (χ1) is 7.54. The van der Waals surface area contributed by atoms with Crippen molar-refractivity contribution in [3.8, 4) is 0 Å². The van der Waals surface area contributed by atoms with Crippen LogP contribution in [0.2, 0.25) is 0 Å². The lowest BCUT2D eigenvalue weighted by atomic mass is 10.1. The van der Waals surface area contributed by atoms with Crippen LogP contribution in [0.4, 0.5) is 5.69 Å². The summed E-state index contributed by atoms with van der Waals surface area (Å²) < 4.78 is 0. The van der Waals surface area contributed by atoms with Gasteiger partial charge in [0.2, 0.25) is 0 Å². The molecule has 4 heteroatoms. The third kappa shape index (κ3) is 3.17. The fraction of sp³-hybridized carbons (Fsp3) is 0.333. The van der Waals surface area contributed by atoms with Crippen molar-refractivity contribution >= 4 is 11.4 Å². The summed E-state index contributed by atoms with van der Waals surface area (Å²) in [6, 6.07) is 6.63. The Hall–Kier alpha value is -1.68. The zero-order valence-corrected chi connectivity index (χ0v) is 9.77. The van der Waals surface area contributed by atoms with Crippen molar-refractivity contribution in [3.63, 3.8) is 0 Å². The third-order valence-corrected chi connectivity index (χ3v) is 2.18. The number of likely N-dealkylation sites (N-methyl/N-ethyl adjacent to an activating group) is 1. The van der Waals surface area contributed by atoms with Crippen LogP contribution in [0.15, 0.2) is 35.0 Å². The van der Waals surface area contributed by atoms with Gasteiger partial charge in [-0.15, -0.1) is 4.91 Å². The van der Waals surface area contributed by atoms with Crippen molar-refractivity contribution in [3.05, 3.63) is 40.3 Å². The first kappa shape index (κ1) is 12.4. The van der Waals surface area contributed by atoms with E-state index in [4.69, 9.17) is 0 Å². The van der Waals surface area contributed by atoms with Crippen molar-refractivity contribution in [2.24, 2.45) is 5.18 Å². The molecule has 0 spiro atoms. The van der Waals surface area contributed by atoms with E-state index in [0.29, 0.717) is 17.8 Å². The summed E-state index contributed by atoms with van der Waals surface area (Å²) in [4.78, 5) is 12.3. The van der Waals surface area contributed by atoms with Gasteiger partial charge in [0.1, 0.15) is 11.4 Å². The molecule has 1 aromatic carbocycles. The van der Waals surface area contributed by atoms with Gasteiger partial charge < -0.3 is 10.0 Å². The van der Waals surface area contributed by atoms with E-state index in [2.05, 4.69) is 5.18 Å². The predicted molar refractivity (Wildman–Crippen MR) is 65.7 cm³/mol. The van der Waals surface area contributed by atoms with Crippen LogP contribution >= 0.6 is 0 Å². The lowest BCUT2D eigenvalue weighted by Crippen LogP contribution is -2.14. The maximum atomic E-state index is 10.4. The Labute approximate surface area is 95.2 Å². The molecule has 0 unspecified atom stereocenters. The first-order valence-electron chi connectivity index (χ1n) is 5.02. The van der Waals surface area contributed by atoms with Crippen LogP contribution < -0.4 is 0 Å². The highest BCUT2D eigenvalue weighted by atomic mass is 16.3. The topological polar surface area (TPSA) is 52.9 Å². The molecular formula is C12H16N2O2. The van der Waals surface area contributed by atoms with Gasteiger partial charge in [0.25, 0.3) is 0 Å². The summed E-state index contributed by atoms with van der Waals surface area (Å²) in [5.41, 5.74) is 1.80. The van der Waals surface area contributed by atoms with Crippen LogP contribution in [0, 0.1) is 4.91 Å². The van der Waals surface area contributed by atoms with E-state index in [1.54, 1.807) is 24.3 Å². The van der Waals surface area contributed by atoms with Gasteiger partial charge in [-0.1, -0.05) is 12.1 Å². The van der Waals surface area contributed by atoms with E-state index in [1.165, 1.54) is 0 Å². The molecule has 4 nitrogen and oxygen atoms in total. The number of aliphatic hydroxyl groups excluding tert-OH is 1. The molecule has 1 rings (SSSR count). The second-order valence-electron chi connectivity index (χ2n) is 4.01. The Morgan fingerprint density at radius 3 is 2.69 bits per heavy atom. The number of aliphatic hydroxyl groups is 1. The Bertz CT molecular complexity index is 411. The Balaban J connectivity index is 3.02. The van der Waals surface area contributed by atoms with Crippen LogP contribution in [-0.2, 0) is 0 Å². The van der Waals surface area contributed by atoms with Crippen LogP contribution in [0.1, 0.15) is 12.5 Å². The maximum Gasteiger partial charge on any atom is 0.123 e. The minimum absolute atomic E-state index is 0.208. The van der Waals surface area contributed by atoms with Crippen LogP contribution in [0.3, 0.4) is 0 Å². The number of nitroso groups, excluding NO2 is 1. The van der Waals surface area contributed by atoms with Gasteiger partial charge in [-0.2, -0.15) is 0 Å². The Morgan fingerprint density at radius 1 is 1.44 bits per heavy atom. The molecule has 1 N–H and O–H groups in total. The molecule has 0 amide bonds. The molecule has 0 aliphatic carbocycles. The van der Waals surface area contributed by atoms with Crippen molar-refractivity contribution in [2.45, 2.75) is 6.92 Å². The van der Waals surface area contributed by atoms with Crippen molar-refractivity contribution in [2.75, 3.05) is 20.6 Å². The molecule has 0 bridgehead atoms. The number of rotatable bonds is 4. The second-order valence-corrected chi connectivity index (χ2v) is 4.01. The van der Waals surface area contributed by atoms with Gasteiger partial charge in [0.15, 0.2) is 0 Å². The molecule has 0 radical (unpaired) electrons. The van der Waals surface area contributed by atoms with E-state index in [1.807, 2.05) is 25.9 Å². The summed E-state index contributed by atoms with van der Waals surface area (Å²) in [5.74, 6) is 0.208. The largest absolute Gasteiger partial charge is 0.507 e. The molecule has 0 aliphatic rings. The summed E-state index contributed by atoms with van der Waals surface area (Å²) in [6.07, 6.45) is 0. The quantitative estimate of drug-likeness (QED) is 0.627. The summed E-state index contributed by atoms with van der Waals surface area (Å²) in [5, 5.41) is 12.8. The Morgan fingerprint density at radius 2 is 2.12 bits per heavy atom. The van der Waals surface area contributed by atoms with Gasteiger partial charge in [-0.25, -0.2) is 0 Å². The molecule has 0 aliphatic heterocycles. The van der Waals surface area contributed by atoms with Crippen LogP contribution in [0.25, 0.3) is 5.76 Å². The summed E-state index contributed by atoms with van der Waals surface area (Å²) in [6.45, 7) is 2.53. The van der Waals surface area contributed by atoms with E-state index in [0.717, 1.165) is 5.57 Å². The van der Waals surface area contributed by atoms with Crippen molar-refractivity contribution < 1.29 is 5.11 Å². The lowest BCUT2D eigenvalue weighted by Gasteiger charge is -2.12. The molecular weight excluding hydrogens is 204 g/mol. The highest BCUT2D eigenvalue weighted by Gasteiger charge is 2.05. The van der Waals surface area contributed by atoms with E-state index < -0.39 is 0 Å². The molecule has 0 saturated heterocycles. The minimum atomic E-state index is 0.208. The van der Waals surface area contributed by atoms with Crippen molar-refractivity contribution in [1.82, 2.24) is 4.90 Å². The molecule has 1 aromatic rings. The molecule has 0 heterocycles. The second kappa shape index (κ2) is 5.42. The van der Waals surface area contributed by atoms with E-state index in [9.17, 15) is 10.0 Å². The first-order valence-corrected chi connectivity index (χ1v) is 5.02. The van der Waals surface area contributed by atoms with Gasteiger partial charge in [0, 0.05) is 12.1 Å². The van der Waals surface area contributed by atoms with Gasteiger partial charge >= 0.3 is 0 Å². The molecule has 86 valence electrons. The van der Waals surface area contributed by atoms with Gasteiger partial charge in [-0.3, -0.25) is 0 Å². The normalized spacial score (nSPS) is 12.5. The predicted octanol–water partition coefficient (Wildman–Crippen LogP) is 2.94. The zero-order valence-electron chi connectivity index (χ0n) is 9.77. The average molecular weight is 220 g/mol. The van der Waals surface area contributed by atoms with Crippen LogP contribution in [-0.4, -0.2) is 30.6 Å². The van der Waals surface area contributed by atoms with Gasteiger partial charge in [-0.05, 0) is 43.9 Å². The van der Waals surface area contributed by atoms with Crippen molar-refractivity contribution in [1.29, 1.82) is 0 Å². The number of hydrogen-bond donors (Lipinski definition) is 1. The summed E-state index contributed by atoms with van der Waals surface area (Å²) >= 11 is 0. The fourth-order valence-corrected chi connectivity index (χ4v) is 1.51. The molecule has 0 atom stereocenters. The van der Waals surface area contributed by atoms with Gasteiger partial charge in [0.05, 0.1) is 0 Å². The molecule has 16 heavy (non-hydrogen) atoms. The zero-order chi connectivity index (χ0) is 12.1. The number of hydrogen-bond acceptors (Lipinski definition) is 4. The van der Waals surface area contributed by atoms with Crippen LogP contribution in [0.5, 0.6) is 0 Å². The minimum Gasteiger partial charge on any atom is -0.507 e. The van der Waals surface area contributed by atoms with E-state index in [-0.39, 0.29) is 5.76 Å². The summed E-state index contributed by atoms with van der Waals surface area (Å²) in [7, 11) is 3.86. The fourth-order valence-electron chi connectivity index (χ4n) is 1.51. The SMILES string of the molecule is C/C(CN(C)C)=C(\O)c1cccc(N=O)c1. The lowest BCUT2D eigenvalue weighted by molar-refractivity contribution is 0.433. The molecule has 0 fully saturated rings. The Kier molecular flexibility index (Phi) is 4.19. The number of nitrogens with zero attached hydrogens (tertiary/aromatic N) is 2. The highest BCUT2D eigenvalue weighted by molar-refractivity contribution is 5.64. The maximum absolute atomic E-state index is 10.4. The monoisotopic (exact) mass is 220 g/mol. The molecule has 0 aromatic heterocycles. The third-order valence-electron chi connectivity index (χ3n) is 2.18. The smallest absolute Gasteiger partial charge is 0.123 e. The number of benzene rings is 1. The molecule has 0 saturated carbocycles.